The van der Waals surface area contributed by atoms with Crippen molar-refractivity contribution < 1.29 is 17.6 Å². The van der Waals surface area contributed by atoms with E-state index >= 15 is 0 Å². The van der Waals surface area contributed by atoms with Gasteiger partial charge in [0.25, 0.3) is 0 Å². The highest BCUT2D eigenvalue weighted by atomic mass is 32.2. The van der Waals surface area contributed by atoms with Crippen LogP contribution >= 0.6 is 0 Å². The van der Waals surface area contributed by atoms with Crippen molar-refractivity contribution >= 4 is 10.0 Å². The molecule has 0 aliphatic carbocycles. The Hall–Kier alpha value is -1.79. The Morgan fingerprint density at radius 2 is 1.95 bits per heavy atom. The van der Waals surface area contributed by atoms with Crippen molar-refractivity contribution in [3.63, 3.8) is 0 Å². The van der Waals surface area contributed by atoms with Crippen LogP contribution in [0.5, 0.6) is 5.75 Å². The number of benzene rings is 1. The van der Waals surface area contributed by atoms with Crippen molar-refractivity contribution in [2.75, 3.05) is 6.61 Å². The third kappa shape index (κ3) is 3.40. The van der Waals surface area contributed by atoms with Crippen LogP contribution in [0.4, 0.5) is 0 Å². The molecule has 1 aromatic heterocycles. The molecule has 2 aromatic rings. The van der Waals surface area contributed by atoms with Crippen LogP contribution in [0.1, 0.15) is 25.6 Å². The van der Waals surface area contributed by atoms with Crippen LogP contribution < -0.4 is 9.46 Å². The maximum Gasteiger partial charge on any atom is 0.241 e. The molecule has 0 saturated heterocycles. The second-order valence-electron chi connectivity index (χ2n) is 4.26. The van der Waals surface area contributed by atoms with Gasteiger partial charge in [-0.1, -0.05) is 0 Å². The third-order valence-electron chi connectivity index (χ3n) is 2.75. The molecule has 1 aromatic carbocycles. The zero-order valence-corrected chi connectivity index (χ0v) is 12.2. The number of hydrogen-bond acceptors (Lipinski definition) is 4. The van der Waals surface area contributed by atoms with E-state index in [2.05, 4.69) is 4.72 Å². The lowest BCUT2D eigenvalue weighted by molar-refractivity contribution is 0.340. The van der Waals surface area contributed by atoms with Crippen molar-refractivity contribution in [2.45, 2.75) is 24.8 Å². The van der Waals surface area contributed by atoms with E-state index in [1.807, 2.05) is 6.92 Å². The normalized spacial score (nSPS) is 13.1. The second-order valence-corrected chi connectivity index (χ2v) is 5.98. The highest BCUT2D eigenvalue weighted by Gasteiger charge is 2.19. The molecular weight excluding hydrogens is 278 g/mol. The van der Waals surface area contributed by atoms with Gasteiger partial charge in [-0.2, -0.15) is 0 Å². The maximum absolute atomic E-state index is 12.2. The summed E-state index contributed by atoms with van der Waals surface area (Å²) in [6.07, 6.45) is 1.51. The fraction of sp³-hybridized carbons (Fsp3) is 0.286. The lowest BCUT2D eigenvalue weighted by Crippen LogP contribution is -2.26. The highest BCUT2D eigenvalue weighted by Crippen LogP contribution is 2.19. The Morgan fingerprint density at radius 1 is 1.25 bits per heavy atom. The topological polar surface area (TPSA) is 68.5 Å². The smallest absolute Gasteiger partial charge is 0.241 e. The molecule has 0 aliphatic heterocycles. The Labute approximate surface area is 118 Å². The molecule has 6 heteroatoms. The molecule has 2 rings (SSSR count). The molecule has 5 nitrogen and oxygen atoms in total. The second kappa shape index (κ2) is 6.11. The van der Waals surface area contributed by atoms with Crippen molar-refractivity contribution in [3.8, 4) is 5.75 Å². The predicted octanol–water partition coefficient (Wildman–Crippen LogP) is 2.72. The Kier molecular flexibility index (Phi) is 4.46. The molecule has 1 heterocycles. The molecular formula is C14H17NO4S. The van der Waals surface area contributed by atoms with E-state index in [0.29, 0.717) is 18.1 Å². The molecule has 0 aliphatic rings. The predicted molar refractivity (Wildman–Crippen MR) is 75.1 cm³/mol. The molecule has 108 valence electrons. The van der Waals surface area contributed by atoms with E-state index in [-0.39, 0.29) is 4.90 Å². The fourth-order valence-corrected chi connectivity index (χ4v) is 2.99. The molecule has 20 heavy (non-hydrogen) atoms. The van der Waals surface area contributed by atoms with Gasteiger partial charge < -0.3 is 9.15 Å². The van der Waals surface area contributed by atoms with E-state index < -0.39 is 16.1 Å². The molecule has 0 unspecified atom stereocenters. The van der Waals surface area contributed by atoms with Gasteiger partial charge in [0, 0.05) is 0 Å². The molecule has 1 atom stereocenters. The van der Waals surface area contributed by atoms with Gasteiger partial charge in [0.05, 0.1) is 23.8 Å². The minimum Gasteiger partial charge on any atom is -0.494 e. The molecule has 0 spiro atoms. The summed E-state index contributed by atoms with van der Waals surface area (Å²) in [4.78, 5) is 0.194. The Bertz CT molecular complexity index is 632. The number of nitrogens with one attached hydrogen (secondary N) is 1. The summed E-state index contributed by atoms with van der Waals surface area (Å²) in [5, 5.41) is 0. The van der Waals surface area contributed by atoms with Gasteiger partial charge >= 0.3 is 0 Å². The van der Waals surface area contributed by atoms with E-state index in [1.165, 1.54) is 18.4 Å². The van der Waals surface area contributed by atoms with E-state index in [1.54, 1.807) is 31.2 Å². The first-order valence-corrected chi connectivity index (χ1v) is 7.80. The van der Waals surface area contributed by atoms with E-state index in [4.69, 9.17) is 9.15 Å². The number of sulfonamides is 1. The number of rotatable bonds is 6. The molecule has 0 amide bonds. The molecule has 0 saturated carbocycles. The van der Waals surface area contributed by atoms with Gasteiger partial charge in [-0.3, -0.25) is 0 Å². The van der Waals surface area contributed by atoms with Crippen LogP contribution in [-0.2, 0) is 10.0 Å². The van der Waals surface area contributed by atoms with Gasteiger partial charge in [0.15, 0.2) is 0 Å². The molecule has 0 radical (unpaired) electrons. The van der Waals surface area contributed by atoms with Crippen LogP contribution in [0, 0.1) is 0 Å². The highest BCUT2D eigenvalue weighted by molar-refractivity contribution is 7.89. The maximum atomic E-state index is 12.2. The Morgan fingerprint density at radius 3 is 2.50 bits per heavy atom. The van der Waals surface area contributed by atoms with Gasteiger partial charge in [0.2, 0.25) is 10.0 Å². The third-order valence-corrected chi connectivity index (χ3v) is 4.30. The molecule has 0 bridgehead atoms. The van der Waals surface area contributed by atoms with Crippen LogP contribution in [-0.4, -0.2) is 15.0 Å². The van der Waals surface area contributed by atoms with Crippen LogP contribution in [0.3, 0.4) is 0 Å². The number of ether oxygens (including phenoxy) is 1. The standard InChI is InChI=1S/C14H17NO4S/c1-3-18-12-6-8-13(9-7-12)20(16,17)15-11(2)14-5-4-10-19-14/h4-11,15H,3H2,1-2H3/t11-/m0/s1. The van der Waals surface area contributed by atoms with Crippen LogP contribution in [0.15, 0.2) is 52.0 Å². The van der Waals surface area contributed by atoms with Crippen molar-refractivity contribution in [3.05, 3.63) is 48.4 Å². The molecule has 0 fully saturated rings. The minimum atomic E-state index is -3.58. The van der Waals surface area contributed by atoms with Crippen molar-refractivity contribution in [1.29, 1.82) is 0 Å². The fourth-order valence-electron chi connectivity index (χ4n) is 1.78. The summed E-state index contributed by atoms with van der Waals surface area (Å²) < 4.78 is 37.5. The van der Waals surface area contributed by atoms with Crippen molar-refractivity contribution in [2.24, 2.45) is 0 Å². The Balaban J connectivity index is 2.13. The first-order valence-electron chi connectivity index (χ1n) is 6.31. The zero-order valence-electron chi connectivity index (χ0n) is 11.4. The number of hydrogen-bond donors (Lipinski definition) is 1. The van der Waals surface area contributed by atoms with Crippen LogP contribution in [0.2, 0.25) is 0 Å². The average Bonchev–Trinajstić information content (AvgIpc) is 2.93. The molecule has 1 N–H and O–H groups in total. The summed E-state index contributed by atoms with van der Waals surface area (Å²) >= 11 is 0. The summed E-state index contributed by atoms with van der Waals surface area (Å²) in [6, 6.07) is 9.32. The summed E-state index contributed by atoms with van der Waals surface area (Å²) in [7, 11) is -3.58. The first kappa shape index (κ1) is 14.6. The first-order chi connectivity index (χ1) is 9.53. The largest absolute Gasteiger partial charge is 0.494 e. The lowest BCUT2D eigenvalue weighted by atomic mass is 10.3. The SMILES string of the molecule is CCOc1ccc(S(=O)(=O)N[C@@H](C)c2ccco2)cc1. The zero-order chi connectivity index (χ0) is 14.6. The van der Waals surface area contributed by atoms with Gasteiger partial charge in [-0.15, -0.1) is 0 Å². The summed E-state index contributed by atoms with van der Waals surface area (Å²) in [5.74, 6) is 1.21. The van der Waals surface area contributed by atoms with Crippen LogP contribution in [0.25, 0.3) is 0 Å². The van der Waals surface area contributed by atoms with Gasteiger partial charge in [0.1, 0.15) is 11.5 Å². The summed E-state index contributed by atoms with van der Waals surface area (Å²) in [6.45, 7) is 4.14. The minimum absolute atomic E-state index is 0.194. The van der Waals surface area contributed by atoms with Gasteiger partial charge in [-0.25, -0.2) is 13.1 Å². The monoisotopic (exact) mass is 295 g/mol. The quantitative estimate of drug-likeness (QED) is 0.889. The van der Waals surface area contributed by atoms with E-state index in [0.717, 1.165) is 0 Å². The summed E-state index contributed by atoms with van der Waals surface area (Å²) in [5.41, 5.74) is 0. The van der Waals surface area contributed by atoms with Crippen molar-refractivity contribution in [1.82, 2.24) is 4.72 Å². The van der Waals surface area contributed by atoms with E-state index in [9.17, 15) is 8.42 Å². The van der Waals surface area contributed by atoms with Gasteiger partial charge in [-0.05, 0) is 50.2 Å². The average molecular weight is 295 g/mol. The lowest BCUT2D eigenvalue weighted by Gasteiger charge is -2.12. The number of furan rings is 1.